The number of hydrogen-bond donors (Lipinski definition) is 1. The van der Waals surface area contributed by atoms with E-state index in [0.717, 1.165) is 40.6 Å². The summed E-state index contributed by atoms with van der Waals surface area (Å²) < 4.78 is 5.37. The van der Waals surface area contributed by atoms with Gasteiger partial charge in [0.2, 0.25) is 5.28 Å². The van der Waals surface area contributed by atoms with Gasteiger partial charge in [-0.2, -0.15) is 0 Å². The molecular weight excluding hydrogens is 318 g/mol. The zero-order valence-electron chi connectivity index (χ0n) is 12.2. The van der Waals surface area contributed by atoms with Crippen LogP contribution in [0.4, 0.5) is 5.82 Å². The number of aryl methyl sites for hydroxylation is 1. The van der Waals surface area contributed by atoms with E-state index in [1.807, 2.05) is 12.1 Å². The fourth-order valence-electron chi connectivity index (χ4n) is 3.03. The quantitative estimate of drug-likeness (QED) is 0.707. The highest BCUT2D eigenvalue weighted by molar-refractivity contribution is 7.19. The smallest absolute Gasteiger partial charge is 0.225 e. The Labute approximate surface area is 137 Å². The Morgan fingerprint density at radius 3 is 3.18 bits per heavy atom. The van der Waals surface area contributed by atoms with Gasteiger partial charge in [-0.15, -0.1) is 11.3 Å². The Bertz CT molecular complexity index is 813. The number of halogens is 1. The van der Waals surface area contributed by atoms with Crippen molar-refractivity contribution in [2.45, 2.75) is 32.7 Å². The molecule has 3 aromatic rings. The largest absolute Gasteiger partial charge is 0.467 e. The van der Waals surface area contributed by atoms with E-state index in [1.54, 1.807) is 17.6 Å². The molecule has 3 aromatic heterocycles. The second kappa shape index (κ2) is 5.56. The fraction of sp³-hybridized carbons (Fsp3) is 0.375. The minimum atomic E-state index is 0.293. The summed E-state index contributed by atoms with van der Waals surface area (Å²) in [7, 11) is 0. The predicted molar refractivity (Wildman–Crippen MR) is 89.6 cm³/mol. The summed E-state index contributed by atoms with van der Waals surface area (Å²) in [5.41, 5.74) is 1.40. The molecule has 3 heterocycles. The number of anilines is 1. The monoisotopic (exact) mass is 333 g/mol. The maximum absolute atomic E-state index is 6.10. The number of nitrogens with zero attached hydrogens (tertiary/aromatic N) is 2. The van der Waals surface area contributed by atoms with Crippen molar-refractivity contribution in [2.24, 2.45) is 5.92 Å². The molecule has 0 bridgehead atoms. The van der Waals surface area contributed by atoms with Gasteiger partial charge in [-0.1, -0.05) is 6.92 Å². The zero-order valence-corrected chi connectivity index (χ0v) is 13.8. The second-order valence-electron chi connectivity index (χ2n) is 5.81. The molecule has 1 atom stereocenters. The molecule has 4 nitrogen and oxygen atoms in total. The van der Waals surface area contributed by atoms with Gasteiger partial charge in [-0.25, -0.2) is 9.97 Å². The molecule has 0 amide bonds. The van der Waals surface area contributed by atoms with Gasteiger partial charge in [-0.3, -0.25) is 0 Å². The van der Waals surface area contributed by atoms with Gasteiger partial charge in [0.05, 0.1) is 18.2 Å². The van der Waals surface area contributed by atoms with E-state index in [-0.39, 0.29) is 0 Å². The number of nitrogens with one attached hydrogen (secondary N) is 1. The highest BCUT2D eigenvalue weighted by Gasteiger charge is 2.23. The summed E-state index contributed by atoms with van der Waals surface area (Å²) in [6, 6.07) is 3.82. The third-order valence-electron chi connectivity index (χ3n) is 4.14. The molecule has 0 aromatic carbocycles. The Morgan fingerprint density at radius 1 is 1.45 bits per heavy atom. The zero-order chi connectivity index (χ0) is 15.1. The summed E-state index contributed by atoms with van der Waals surface area (Å²) in [4.78, 5) is 11.3. The highest BCUT2D eigenvalue weighted by Crippen LogP contribution is 2.40. The van der Waals surface area contributed by atoms with Gasteiger partial charge >= 0.3 is 0 Å². The summed E-state index contributed by atoms with van der Waals surface area (Å²) in [6.45, 7) is 2.90. The van der Waals surface area contributed by atoms with Crippen LogP contribution >= 0.6 is 22.9 Å². The second-order valence-corrected chi connectivity index (χ2v) is 7.23. The minimum absolute atomic E-state index is 0.293. The van der Waals surface area contributed by atoms with E-state index in [2.05, 4.69) is 22.2 Å². The van der Waals surface area contributed by atoms with Crippen molar-refractivity contribution in [3.05, 3.63) is 39.9 Å². The Morgan fingerprint density at radius 2 is 2.36 bits per heavy atom. The first-order valence-electron chi connectivity index (χ1n) is 7.44. The molecule has 1 aliphatic carbocycles. The van der Waals surface area contributed by atoms with E-state index in [0.29, 0.717) is 11.8 Å². The molecule has 6 heteroatoms. The molecule has 0 radical (unpaired) electrons. The molecule has 22 heavy (non-hydrogen) atoms. The first-order valence-corrected chi connectivity index (χ1v) is 8.64. The van der Waals surface area contributed by atoms with E-state index < -0.39 is 0 Å². The van der Waals surface area contributed by atoms with Gasteiger partial charge in [-0.05, 0) is 54.5 Å². The van der Waals surface area contributed by atoms with Crippen LogP contribution in [0, 0.1) is 5.92 Å². The van der Waals surface area contributed by atoms with Crippen LogP contribution < -0.4 is 5.32 Å². The van der Waals surface area contributed by atoms with Crippen molar-refractivity contribution in [2.75, 3.05) is 5.32 Å². The third-order valence-corrected chi connectivity index (χ3v) is 5.46. The minimum Gasteiger partial charge on any atom is -0.467 e. The maximum atomic E-state index is 6.10. The average Bonchev–Trinajstić information content (AvgIpc) is 3.10. The Hall–Kier alpha value is -1.59. The number of aromatic nitrogens is 2. The van der Waals surface area contributed by atoms with Crippen LogP contribution in [0.2, 0.25) is 5.28 Å². The number of rotatable bonds is 3. The molecule has 0 saturated carbocycles. The van der Waals surface area contributed by atoms with Crippen LogP contribution in [0.3, 0.4) is 0 Å². The molecule has 114 valence electrons. The lowest BCUT2D eigenvalue weighted by Gasteiger charge is -2.18. The SMILES string of the molecule is CC1CCc2c(sc3nc(Cl)nc(NCc4ccco4)c23)C1. The van der Waals surface area contributed by atoms with E-state index in [4.69, 9.17) is 16.0 Å². The van der Waals surface area contributed by atoms with E-state index in [1.165, 1.54) is 16.9 Å². The third kappa shape index (κ3) is 2.48. The van der Waals surface area contributed by atoms with Crippen molar-refractivity contribution in [1.82, 2.24) is 9.97 Å². The van der Waals surface area contributed by atoms with Crippen LogP contribution in [0.1, 0.15) is 29.5 Å². The lowest BCUT2D eigenvalue weighted by molar-refractivity contribution is 0.509. The molecule has 0 aliphatic heterocycles. The fourth-order valence-corrected chi connectivity index (χ4v) is 4.63. The van der Waals surface area contributed by atoms with Crippen LogP contribution in [0.15, 0.2) is 22.8 Å². The van der Waals surface area contributed by atoms with Gasteiger partial charge < -0.3 is 9.73 Å². The molecule has 4 rings (SSSR count). The standard InChI is InChI=1S/C16H16ClN3OS/c1-9-4-5-11-12(7-9)22-15-13(11)14(19-16(17)20-15)18-8-10-3-2-6-21-10/h2-3,6,9H,4-5,7-8H2,1H3,(H,18,19,20). The molecule has 0 saturated heterocycles. The number of thiophene rings is 1. The van der Waals surface area contributed by atoms with Crippen molar-refractivity contribution in [3.8, 4) is 0 Å². The lowest BCUT2D eigenvalue weighted by atomic mass is 9.89. The van der Waals surface area contributed by atoms with Gasteiger partial charge in [0.1, 0.15) is 16.4 Å². The summed E-state index contributed by atoms with van der Waals surface area (Å²) in [6.07, 6.45) is 5.12. The Balaban J connectivity index is 1.76. The van der Waals surface area contributed by atoms with Crippen molar-refractivity contribution < 1.29 is 4.42 Å². The first kappa shape index (κ1) is 14.0. The average molecular weight is 334 g/mol. The van der Waals surface area contributed by atoms with Crippen LogP contribution in [-0.4, -0.2) is 9.97 Å². The predicted octanol–water partition coefficient (Wildman–Crippen LogP) is 4.67. The normalized spacial score (nSPS) is 17.6. The Kier molecular flexibility index (Phi) is 3.54. The molecular formula is C16H16ClN3OS. The lowest BCUT2D eigenvalue weighted by Crippen LogP contribution is -2.09. The first-order chi connectivity index (χ1) is 10.7. The van der Waals surface area contributed by atoms with E-state index in [9.17, 15) is 0 Å². The number of fused-ring (bicyclic) bond motifs is 3. The number of furan rings is 1. The van der Waals surface area contributed by atoms with E-state index >= 15 is 0 Å². The molecule has 1 aliphatic rings. The van der Waals surface area contributed by atoms with Crippen LogP contribution in [0.25, 0.3) is 10.2 Å². The van der Waals surface area contributed by atoms with Crippen molar-refractivity contribution in [1.29, 1.82) is 0 Å². The molecule has 0 spiro atoms. The van der Waals surface area contributed by atoms with Crippen LogP contribution in [0.5, 0.6) is 0 Å². The molecule has 1 N–H and O–H groups in total. The van der Waals surface area contributed by atoms with Crippen molar-refractivity contribution in [3.63, 3.8) is 0 Å². The van der Waals surface area contributed by atoms with Crippen molar-refractivity contribution >= 4 is 39.0 Å². The highest BCUT2D eigenvalue weighted by atomic mass is 35.5. The summed E-state index contributed by atoms with van der Waals surface area (Å²) in [5, 5.41) is 4.79. The summed E-state index contributed by atoms with van der Waals surface area (Å²) >= 11 is 7.85. The van der Waals surface area contributed by atoms with Gasteiger partial charge in [0.15, 0.2) is 0 Å². The maximum Gasteiger partial charge on any atom is 0.225 e. The summed E-state index contributed by atoms with van der Waals surface area (Å²) in [5.74, 6) is 2.43. The van der Waals surface area contributed by atoms with Gasteiger partial charge in [0.25, 0.3) is 0 Å². The molecule has 0 fully saturated rings. The number of hydrogen-bond acceptors (Lipinski definition) is 5. The van der Waals surface area contributed by atoms with Gasteiger partial charge in [0, 0.05) is 4.88 Å². The molecule has 1 unspecified atom stereocenters. The topological polar surface area (TPSA) is 51.0 Å². The van der Waals surface area contributed by atoms with Crippen LogP contribution in [-0.2, 0) is 19.4 Å².